The highest BCUT2D eigenvalue weighted by atomic mass is 32.1. The predicted molar refractivity (Wildman–Crippen MR) is 74.2 cm³/mol. The van der Waals surface area contributed by atoms with Gasteiger partial charge in [-0.15, -0.1) is 10.2 Å². The van der Waals surface area contributed by atoms with Crippen molar-refractivity contribution in [3.8, 4) is 10.7 Å². The molecule has 4 rings (SSSR count). The van der Waals surface area contributed by atoms with Crippen molar-refractivity contribution in [3.05, 3.63) is 23.6 Å². The monoisotopic (exact) mass is 286 g/mol. The van der Waals surface area contributed by atoms with Crippen molar-refractivity contribution in [1.82, 2.24) is 30.1 Å². The smallest absolute Gasteiger partial charge is 0.166 e. The van der Waals surface area contributed by atoms with Crippen LogP contribution in [-0.4, -0.2) is 30.1 Å². The van der Waals surface area contributed by atoms with Gasteiger partial charge in [-0.1, -0.05) is 22.7 Å². The van der Waals surface area contributed by atoms with E-state index in [0.717, 1.165) is 36.4 Å². The fraction of sp³-hybridized carbons (Fsp3) is 0.0909. The molecular weight excluding hydrogens is 280 g/mol. The third-order valence-electron chi connectivity index (χ3n) is 2.56. The first kappa shape index (κ1) is 10.8. The Hall–Kier alpha value is -2.06. The third kappa shape index (κ3) is 1.76. The highest BCUT2D eigenvalue weighted by molar-refractivity contribution is 7.21. The van der Waals surface area contributed by atoms with Gasteiger partial charge < -0.3 is 0 Å². The lowest BCUT2D eigenvalue weighted by atomic mass is 10.4. The molecule has 0 unspecified atom stereocenters. The molecule has 0 radical (unpaired) electrons. The van der Waals surface area contributed by atoms with E-state index in [-0.39, 0.29) is 0 Å². The van der Waals surface area contributed by atoms with Gasteiger partial charge in [-0.25, -0.2) is 19.9 Å². The van der Waals surface area contributed by atoms with Gasteiger partial charge in [-0.3, -0.25) is 0 Å². The van der Waals surface area contributed by atoms with E-state index in [2.05, 4.69) is 30.1 Å². The van der Waals surface area contributed by atoms with Crippen LogP contribution in [0.15, 0.2) is 18.6 Å². The summed E-state index contributed by atoms with van der Waals surface area (Å²) in [6.07, 6.45) is 3.21. The molecule has 0 saturated heterocycles. The minimum absolute atomic E-state index is 0.723. The van der Waals surface area contributed by atoms with Crippen molar-refractivity contribution in [2.45, 2.75) is 6.92 Å². The number of nitrogens with zero attached hydrogens (tertiary/aromatic N) is 6. The zero-order valence-electron chi connectivity index (χ0n) is 9.73. The first-order valence-corrected chi connectivity index (χ1v) is 7.11. The number of aryl methyl sites for hydroxylation is 1. The SMILES string of the molecule is Cc1nc2cc(-c3nc4cncnc4s3)nnc2s1. The number of rotatable bonds is 1. The van der Waals surface area contributed by atoms with E-state index >= 15 is 0 Å². The third-order valence-corrected chi connectivity index (χ3v) is 4.43. The summed E-state index contributed by atoms with van der Waals surface area (Å²) in [6, 6.07) is 1.91. The van der Waals surface area contributed by atoms with Crippen LogP contribution in [0.25, 0.3) is 31.4 Å². The molecule has 0 aliphatic heterocycles. The van der Waals surface area contributed by atoms with Gasteiger partial charge in [0.05, 0.1) is 11.2 Å². The molecule has 0 aliphatic carbocycles. The fourth-order valence-corrected chi connectivity index (χ4v) is 3.31. The molecule has 0 atom stereocenters. The molecule has 0 saturated carbocycles. The summed E-state index contributed by atoms with van der Waals surface area (Å²) in [5.41, 5.74) is 2.36. The maximum atomic E-state index is 4.46. The highest BCUT2D eigenvalue weighted by Crippen LogP contribution is 2.28. The predicted octanol–water partition coefficient (Wildman–Crippen LogP) is 2.46. The van der Waals surface area contributed by atoms with Crippen LogP contribution in [0.1, 0.15) is 5.01 Å². The van der Waals surface area contributed by atoms with Crippen molar-refractivity contribution in [1.29, 1.82) is 0 Å². The van der Waals surface area contributed by atoms with E-state index in [9.17, 15) is 0 Å². The molecule has 4 heterocycles. The second-order valence-electron chi connectivity index (χ2n) is 3.89. The molecule has 19 heavy (non-hydrogen) atoms. The van der Waals surface area contributed by atoms with Crippen molar-refractivity contribution in [2.75, 3.05) is 0 Å². The first-order valence-electron chi connectivity index (χ1n) is 5.47. The lowest BCUT2D eigenvalue weighted by Crippen LogP contribution is -1.86. The molecule has 0 amide bonds. The summed E-state index contributed by atoms with van der Waals surface area (Å²) in [7, 11) is 0. The maximum Gasteiger partial charge on any atom is 0.166 e. The zero-order chi connectivity index (χ0) is 12.8. The van der Waals surface area contributed by atoms with Crippen molar-refractivity contribution in [3.63, 3.8) is 0 Å². The molecule has 4 aromatic rings. The van der Waals surface area contributed by atoms with Crippen LogP contribution in [-0.2, 0) is 0 Å². The Morgan fingerprint density at radius 1 is 1.00 bits per heavy atom. The molecule has 0 fully saturated rings. The highest BCUT2D eigenvalue weighted by Gasteiger charge is 2.11. The van der Waals surface area contributed by atoms with E-state index in [0.29, 0.717) is 0 Å². The summed E-state index contributed by atoms with van der Waals surface area (Å²) in [6.45, 7) is 1.96. The summed E-state index contributed by atoms with van der Waals surface area (Å²) in [4.78, 5) is 18.7. The normalized spacial score (nSPS) is 11.4. The van der Waals surface area contributed by atoms with Gasteiger partial charge in [0.1, 0.15) is 32.9 Å². The number of fused-ring (bicyclic) bond motifs is 2. The Morgan fingerprint density at radius 3 is 2.84 bits per heavy atom. The summed E-state index contributed by atoms with van der Waals surface area (Å²) in [5, 5.41) is 10.2. The minimum Gasteiger partial charge on any atom is -0.242 e. The van der Waals surface area contributed by atoms with Gasteiger partial charge in [0.2, 0.25) is 0 Å². The zero-order valence-corrected chi connectivity index (χ0v) is 11.4. The number of hydrogen-bond donors (Lipinski definition) is 0. The van der Waals surface area contributed by atoms with Crippen LogP contribution in [0.4, 0.5) is 0 Å². The van der Waals surface area contributed by atoms with Crippen LogP contribution >= 0.6 is 22.7 Å². The van der Waals surface area contributed by atoms with Crippen molar-refractivity contribution in [2.24, 2.45) is 0 Å². The van der Waals surface area contributed by atoms with E-state index in [4.69, 9.17) is 0 Å². The molecule has 0 aromatic carbocycles. The van der Waals surface area contributed by atoms with Gasteiger partial charge in [0.15, 0.2) is 4.83 Å². The Kier molecular flexibility index (Phi) is 2.26. The lowest BCUT2D eigenvalue weighted by molar-refractivity contribution is 1.08. The number of hydrogen-bond acceptors (Lipinski definition) is 8. The second-order valence-corrected chi connectivity index (χ2v) is 6.04. The molecular formula is C11H6N6S2. The van der Waals surface area contributed by atoms with Crippen LogP contribution < -0.4 is 0 Å². The van der Waals surface area contributed by atoms with Gasteiger partial charge in [-0.05, 0) is 13.0 Å². The molecule has 0 spiro atoms. The molecule has 4 aromatic heterocycles. The quantitative estimate of drug-likeness (QED) is 0.535. The Morgan fingerprint density at radius 2 is 1.95 bits per heavy atom. The van der Waals surface area contributed by atoms with Gasteiger partial charge in [-0.2, -0.15) is 0 Å². The Labute approximate surface area is 115 Å². The molecule has 8 heteroatoms. The van der Waals surface area contributed by atoms with Crippen LogP contribution in [0.3, 0.4) is 0 Å². The average Bonchev–Trinajstić information content (AvgIpc) is 2.99. The van der Waals surface area contributed by atoms with Crippen molar-refractivity contribution >= 4 is 43.4 Å². The summed E-state index contributed by atoms with van der Waals surface area (Å²) < 4.78 is 0. The van der Waals surface area contributed by atoms with Gasteiger partial charge in [0.25, 0.3) is 0 Å². The fourth-order valence-electron chi connectivity index (χ4n) is 1.76. The number of thiazole rings is 2. The number of aromatic nitrogens is 6. The van der Waals surface area contributed by atoms with E-state index in [1.54, 1.807) is 6.20 Å². The van der Waals surface area contributed by atoms with E-state index < -0.39 is 0 Å². The largest absolute Gasteiger partial charge is 0.242 e. The molecule has 0 aliphatic rings. The minimum atomic E-state index is 0.723. The summed E-state index contributed by atoms with van der Waals surface area (Å²) >= 11 is 3.01. The lowest BCUT2D eigenvalue weighted by Gasteiger charge is -1.92. The van der Waals surface area contributed by atoms with Crippen molar-refractivity contribution < 1.29 is 0 Å². The van der Waals surface area contributed by atoms with Gasteiger partial charge >= 0.3 is 0 Å². The van der Waals surface area contributed by atoms with E-state index in [1.165, 1.54) is 29.0 Å². The summed E-state index contributed by atoms with van der Waals surface area (Å²) in [5.74, 6) is 0. The molecule has 0 bridgehead atoms. The van der Waals surface area contributed by atoms with Crippen LogP contribution in [0.5, 0.6) is 0 Å². The molecule has 0 N–H and O–H groups in total. The Balaban J connectivity index is 1.92. The van der Waals surface area contributed by atoms with Crippen LogP contribution in [0, 0.1) is 6.92 Å². The molecule has 92 valence electrons. The molecule has 6 nitrogen and oxygen atoms in total. The second kappa shape index (κ2) is 3.97. The first-order chi connectivity index (χ1) is 9.29. The van der Waals surface area contributed by atoms with Gasteiger partial charge in [0, 0.05) is 0 Å². The average molecular weight is 286 g/mol. The Bertz CT molecular complexity index is 863. The maximum absolute atomic E-state index is 4.46. The standard InChI is InChI=1S/C11H6N6S2/c1-5-14-6-2-7(16-17-11(6)18-5)10-15-8-3-12-4-13-9(8)19-10/h2-4H,1H3. The van der Waals surface area contributed by atoms with E-state index in [1.807, 2.05) is 13.0 Å². The topological polar surface area (TPSA) is 77.3 Å². The van der Waals surface area contributed by atoms with Crippen LogP contribution in [0.2, 0.25) is 0 Å².